The van der Waals surface area contributed by atoms with E-state index in [1.165, 1.54) is 16.8 Å². The van der Waals surface area contributed by atoms with Crippen LogP contribution in [0.25, 0.3) is 0 Å². The second kappa shape index (κ2) is 12.8. The van der Waals surface area contributed by atoms with E-state index in [-0.39, 0.29) is 35.5 Å². The Hall–Kier alpha value is -4.08. The standard InChI is InChI=1S/C33H30F3N3O2S/c1-2-22-38-30(37-39(31(38)40)23-25-18-20-29(21-19-25)42-33(34,35)36)24-41-32(26-12-6-3-7-13-26,27-14-8-4-9-15-27)28-16-10-5-11-17-28/h3-21H,2,22-24H2,1H3. The molecule has 0 aliphatic carbocycles. The van der Waals surface area contributed by atoms with Gasteiger partial charge in [0, 0.05) is 11.4 Å². The second-order valence-electron chi connectivity index (χ2n) is 9.77. The van der Waals surface area contributed by atoms with Crippen LogP contribution in [-0.4, -0.2) is 19.9 Å². The van der Waals surface area contributed by atoms with Crippen molar-refractivity contribution in [2.45, 2.75) is 49.0 Å². The molecule has 0 saturated heterocycles. The van der Waals surface area contributed by atoms with Gasteiger partial charge in [0.2, 0.25) is 0 Å². The van der Waals surface area contributed by atoms with Crippen LogP contribution in [-0.2, 0) is 30.0 Å². The average molecular weight is 590 g/mol. The van der Waals surface area contributed by atoms with Gasteiger partial charge in [-0.2, -0.15) is 18.3 Å². The highest BCUT2D eigenvalue weighted by molar-refractivity contribution is 8.00. The minimum atomic E-state index is -4.36. The maximum absolute atomic E-state index is 13.4. The Morgan fingerprint density at radius 3 is 1.71 bits per heavy atom. The number of nitrogens with zero attached hydrogens (tertiary/aromatic N) is 3. The van der Waals surface area contributed by atoms with Gasteiger partial charge in [-0.15, -0.1) is 0 Å². The summed E-state index contributed by atoms with van der Waals surface area (Å²) >= 11 is -0.169. The van der Waals surface area contributed by atoms with Crippen LogP contribution in [0.3, 0.4) is 0 Å². The molecule has 1 heterocycles. The Kier molecular flexibility index (Phi) is 8.99. The van der Waals surface area contributed by atoms with Gasteiger partial charge in [0.1, 0.15) is 12.2 Å². The second-order valence-corrected chi connectivity index (χ2v) is 10.9. The zero-order valence-corrected chi connectivity index (χ0v) is 23.8. The highest BCUT2D eigenvalue weighted by Gasteiger charge is 2.38. The zero-order valence-electron chi connectivity index (χ0n) is 23.0. The van der Waals surface area contributed by atoms with Gasteiger partial charge < -0.3 is 4.74 Å². The van der Waals surface area contributed by atoms with Crippen LogP contribution >= 0.6 is 11.8 Å². The summed E-state index contributed by atoms with van der Waals surface area (Å²) in [7, 11) is 0. The first-order valence-electron chi connectivity index (χ1n) is 13.6. The first-order chi connectivity index (χ1) is 20.3. The predicted octanol–water partition coefficient (Wildman–Crippen LogP) is 7.62. The molecule has 0 fully saturated rings. The molecule has 4 aromatic carbocycles. The minimum Gasteiger partial charge on any atom is -0.353 e. The molecule has 1 aromatic heterocycles. The van der Waals surface area contributed by atoms with Crippen LogP contribution < -0.4 is 5.69 Å². The van der Waals surface area contributed by atoms with Crippen LogP contribution in [0.4, 0.5) is 13.2 Å². The number of halogens is 3. The molecular formula is C33H30F3N3O2S. The fraction of sp³-hybridized carbons (Fsp3) is 0.212. The highest BCUT2D eigenvalue weighted by Crippen LogP contribution is 2.41. The summed E-state index contributed by atoms with van der Waals surface area (Å²) in [6.07, 6.45) is 0.711. The molecule has 0 unspecified atom stereocenters. The molecule has 0 aliphatic rings. The van der Waals surface area contributed by atoms with Crippen molar-refractivity contribution in [2.24, 2.45) is 0 Å². The molecule has 0 aliphatic heterocycles. The van der Waals surface area contributed by atoms with Gasteiger partial charge in [0.05, 0.1) is 6.54 Å². The van der Waals surface area contributed by atoms with Gasteiger partial charge >= 0.3 is 11.2 Å². The normalized spacial score (nSPS) is 12.0. The smallest absolute Gasteiger partial charge is 0.353 e. The molecule has 0 saturated carbocycles. The molecule has 0 amide bonds. The van der Waals surface area contributed by atoms with Crippen molar-refractivity contribution in [3.8, 4) is 0 Å². The fourth-order valence-corrected chi connectivity index (χ4v) is 5.59. The fourth-order valence-electron chi connectivity index (χ4n) is 5.05. The predicted molar refractivity (Wildman–Crippen MR) is 158 cm³/mol. The Balaban J connectivity index is 1.51. The maximum Gasteiger partial charge on any atom is 0.446 e. The Labute approximate surface area is 246 Å². The molecule has 0 radical (unpaired) electrons. The van der Waals surface area contributed by atoms with Crippen LogP contribution in [0, 0.1) is 0 Å². The minimum absolute atomic E-state index is 0.0437. The summed E-state index contributed by atoms with van der Waals surface area (Å²) in [6.45, 7) is 2.60. The molecule has 9 heteroatoms. The lowest BCUT2D eigenvalue weighted by Gasteiger charge is -2.35. The van der Waals surface area contributed by atoms with Crippen molar-refractivity contribution in [1.29, 1.82) is 0 Å². The van der Waals surface area contributed by atoms with Crippen molar-refractivity contribution < 1.29 is 17.9 Å². The largest absolute Gasteiger partial charge is 0.446 e. The van der Waals surface area contributed by atoms with Crippen LogP contribution in [0.2, 0.25) is 0 Å². The maximum atomic E-state index is 13.4. The Morgan fingerprint density at radius 1 is 0.762 bits per heavy atom. The number of hydrogen-bond donors (Lipinski definition) is 0. The summed E-state index contributed by atoms with van der Waals surface area (Å²) in [5.41, 5.74) is -2.17. The number of ether oxygens (including phenoxy) is 1. The third-order valence-electron chi connectivity index (χ3n) is 6.89. The SMILES string of the molecule is CCCn1c(COC(c2ccccc2)(c2ccccc2)c2ccccc2)nn(Cc2ccc(SC(F)(F)F)cc2)c1=O. The van der Waals surface area contributed by atoms with Gasteiger partial charge in [0.25, 0.3) is 0 Å². The zero-order chi connectivity index (χ0) is 29.6. The van der Waals surface area contributed by atoms with Gasteiger partial charge in [0.15, 0.2) is 5.82 Å². The molecule has 0 atom stereocenters. The molecule has 5 aromatic rings. The lowest BCUT2D eigenvalue weighted by molar-refractivity contribution is -0.0328. The third kappa shape index (κ3) is 6.53. The number of thioether (sulfide) groups is 1. The van der Waals surface area contributed by atoms with E-state index in [2.05, 4.69) is 5.10 Å². The van der Waals surface area contributed by atoms with Crippen molar-refractivity contribution >= 4 is 11.8 Å². The molecular weight excluding hydrogens is 559 g/mol. The van der Waals surface area contributed by atoms with Crippen LogP contribution in [0.5, 0.6) is 0 Å². The molecule has 42 heavy (non-hydrogen) atoms. The number of hydrogen-bond acceptors (Lipinski definition) is 4. The lowest BCUT2D eigenvalue weighted by Crippen LogP contribution is -2.33. The summed E-state index contributed by atoms with van der Waals surface area (Å²) in [5.74, 6) is 0.471. The Bertz CT molecular complexity index is 1540. The Morgan fingerprint density at radius 2 is 1.26 bits per heavy atom. The van der Waals surface area contributed by atoms with Crippen molar-refractivity contribution in [2.75, 3.05) is 0 Å². The van der Waals surface area contributed by atoms with Gasteiger partial charge in [-0.25, -0.2) is 9.48 Å². The topological polar surface area (TPSA) is 49.0 Å². The van der Waals surface area contributed by atoms with E-state index in [1.54, 1.807) is 16.7 Å². The first kappa shape index (κ1) is 29.4. The van der Waals surface area contributed by atoms with Gasteiger partial charge in [-0.1, -0.05) is 110 Å². The van der Waals surface area contributed by atoms with E-state index in [1.807, 2.05) is 97.9 Å². The summed E-state index contributed by atoms with van der Waals surface area (Å²) in [4.78, 5) is 13.5. The van der Waals surface area contributed by atoms with Crippen molar-refractivity contribution in [3.63, 3.8) is 0 Å². The number of rotatable bonds is 11. The lowest BCUT2D eigenvalue weighted by atomic mass is 9.80. The monoisotopic (exact) mass is 589 g/mol. The molecule has 0 spiro atoms. The van der Waals surface area contributed by atoms with E-state index in [4.69, 9.17) is 4.74 Å². The third-order valence-corrected chi connectivity index (χ3v) is 7.63. The van der Waals surface area contributed by atoms with E-state index in [0.29, 0.717) is 24.4 Å². The molecule has 5 rings (SSSR count). The van der Waals surface area contributed by atoms with Crippen LogP contribution in [0.1, 0.15) is 41.4 Å². The molecule has 216 valence electrons. The molecule has 0 bridgehead atoms. The number of alkyl halides is 3. The van der Waals surface area contributed by atoms with E-state index in [9.17, 15) is 18.0 Å². The number of benzene rings is 4. The van der Waals surface area contributed by atoms with E-state index < -0.39 is 11.1 Å². The molecule has 0 N–H and O–H groups in total. The number of aromatic nitrogens is 3. The molecule has 5 nitrogen and oxygen atoms in total. The summed E-state index contributed by atoms with van der Waals surface area (Å²) < 4.78 is 48.1. The van der Waals surface area contributed by atoms with E-state index in [0.717, 1.165) is 16.7 Å². The van der Waals surface area contributed by atoms with Crippen molar-refractivity contribution in [1.82, 2.24) is 14.3 Å². The van der Waals surface area contributed by atoms with E-state index >= 15 is 0 Å². The van der Waals surface area contributed by atoms with Gasteiger partial charge in [-0.05, 0) is 52.6 Å². The summed E-state index contributed by atoms with van der Waals surface area (Å²) in [6, 6.07) is 35.8. The van der Waals surface area contributed by atoms with Crippen LogP contribution in [0.15, 0.2) is 125 Å². The highest BCUT2D eigenvalue weighted by atomic mass is 32.2. The first-order valence-corrected chi connectivity index (χ1v) is 14.4. The summed E-state index contributed by atoms with van der Waals surface area (Å²) in [5, 5.41) is 4.65. The quantitative estimate of drug-likeness (QED) is 0.117. The average Bonchev–Trinajstić information content (AvgIpc) is 3.29. The van der Waals surface area contributed by atoms with Crippen molar-refractivity contribution in [3.05, 3.63) is 154 Å². The van der Waals surface area contributed by atoms with Gasteiger partial charge in [-0.3, -0.25) is 4.57 Å².